The van der Waals surface area contributed by atoms with Crippen molar-refractivity contribution in [3.8, 4) is 0 Å². The van der Waals surface area contributed by atoms with E-state index in [1.54, 1.807) is 18.2 Å². The quantitative estimate of drug-likeness (QED) is 0.495. The minimum Gasteiger partial charge on any atom is -0.368 e. The van der Waals surface area contributed by atoms with Gasteiger partial charge in [0.05, 0.1) is 21.3 Å². The summed E-state index contributed by atoms with van der Waals surface area (Å²) < 4.78 is 0. The van der Waals surface area contributed by atoms with Crippen LogP contribution in [0.2, 0.25) is 10.0 Å². The third-order valence-corrected chi connectivity index (χ3v) is 2.35. The second-order valence-electron chi connectivity index (χ2n) is 4.41. The molecule has 0 saturated carbocycles. The van der Waals surface area contributed by atoms with Crippen LogP contribution in [0.25, 0.3) is 0 Å². The minimum atomic E-state index is -0.349. The smallest absolute Gasteiger partial charge is 0.218 e. The minimum absolute atomic E-state index is 0.151. The largest absolute Gasteiger partial charge is 0.368 e. The van der Waals surface area contributed by atoms with Gasteiger partial charge in [-0.25, -0.2) is 10.5 Å². The van der Waals surface area contributed by atoms with Crippen LogP contribution < -0.4 is 11.2 Å². The van der Waals surface area contributed by atoms with E-state index in [1.807, 2.05) is 20.8 Å². The number of rotatable bonds is 2. The lowest BCUT2D eigenvalue weighted by Crippen LogP contribution is -2.37. The molecule has 0 spiro atoms. The van der Waals surface area contributed by atoms with E-state index in [2.05, 4.69) is 10.5 Å². The average molecular weight is 276 g/mol. The highest BCUT2D eigenvalue weighted by Gasteiger charge is 2.10. The van der Waals surface area contributed by atoms with E-state index in [9.17, 15) is 0 Å². The molecule has 0 aromatic heterocycles. The zero-order valence-electron chi connectivity index (χ0n) is 9.92. The molecule has 0 unspecified atom stereocenters. The Morgan fingerprint density at radius 1 is 1.29 bits per heavy atom. The van der Waals surface area contributed by atoms with Gasteiger partial charge in [0.1, 0.15) is 0 Å². The molecular formula is C11H15Cl2N3O. The standard InChI is InChI=1S/C11H15Cl2N3O/c1-11(2,3)17-16-10(14)15-7-4-5-8(12)9(13)6-7/h4-6H,1-3H3,(H3,14,15,16). The maximum atomic E-state index is 5.85. The Labute approximate surface area is 111 Å². The molecule has 0 aliphatic rings. The summed E-state index contributed by atoms with van der Waals surface area (Å²) in [6.45, 7) is 5.69. The van der Waals surface area contributed by atoms with Gasteiger partial charge in [-0.2, -0.15) is 0 Å². The van der Waals surface area contributed by atoms with E-state index in [4.69, 9.17) is 33.8 Å². The Balaban J connectivity index is 2.71. The van der Waals surface area contributed by atoms with Crippen LogP contribution >= 0.6 is 23.2 Å². The molecule has 17 heavy (non-hydrogen) atoms. The second kappa shape index (κ2) is 5.58. The third-order valence-electron chi connectivity index (χ3n) is 1.61. The maximum Gasteiger partial charge on any atom is 0.218 e. The first-order valence-electron chi connectivity index (χ1n) is 5.01. The SMILES string of the molecule is CC(C)(C)ONC(N)=Nc1ccc(Cl)c(Cl)c1. The summed E-state index contributed by atoms with van der Waals surface area (Å²) >= 11 is 11.6. The number of aliphatic imine (C=N–C) groups is 1. The van der Waals surface area contributed by atoms with Gasteiger partial charge in [-0.1, -0.05) is 23.2 Å². The van der Waals surface area contributed by atoms with Crippen molar-refractivity contribution in [2.24, 2.45) is 10.7 Å². The molecule has 1 aromatic carbocycles. The molecule has 0 aliphatic carbocycles. The van der Waals surface area contributed by atoms with Gasteiger partial charge in [0.15, 0.2) is 0 Å². The van der Waals surface area contributed by atoms with E-state index in [0.717, 1.165) is 0 Å². The second-order valence-corrected chi connectivity index (χ2v) is 5.23. The van der Waals surface area contributed by atoms with Gasteiger partial charge in [-0.15, -0.1) is 0 Å². The number of guanidine groups is 1. The molecule has 0 atom stereocenters. The Kier molecular flexibility index (Phi) is 4.62. The topological polar surface area (TPSA) is 59.6 Å². The summed E-state index contributed by atoms with van der Waals surface area (Å²) in [6.07, 6.45) is 0. The van der Waals surface area contributed by atoms with Crippen molar-refractivity contribution in [1.82, 2.24) is 5.48 Å². The number of nitrogens with two attached hydrogens (primary N) is 1. The molecule has 4 nitrogen and oxygen atoms in total. The van der Waals surface area contributed by atoms with Gasteiger partial charge in [-0.3, -0.25) is 4.84 Å². The third kappa shape index (κ3) is 5.26. The number of hydrogen-bond donors (Lipinski definition) is 2. The molecule has 94 valence electrons. The van der Waals surface area contributed by atoms with Gasteiger partial charge in [0.2, 0.25) is 5.96 Å². The first-order valence-corrected chi connectivity index (χ1v) is 5.77. The van der Waals surface area contributed by atoms with Crippen molar-refractivity contribution in [3.63, 3.8) is 0 Å². The summed E-state index contributed by atoms with van der Waals surface area (Å²) in [6, 6.07) is 4.98. The highest BCUT2D eigenvalue weighted by molar-refractivity contribution is 6.42. The maximum absolute atomic E-state index is 5.85. The molecule has 0 fully saturated rings. The van der Waals surface area contributed by atoms with Crippen molar-refractivity contribution in [1.29, 1.82) is 0 Å². The van der Waals surface area contributed by atoms with Crippen LogP contribution in [0.1, 0.15) is 20.8 Å². The van der Waals surface area contributed by atoms with E-state index < -0.39 is 0 Å². The lowest BCUT2D eigenvalue weighted by Gasteiger charge is -2.19. The predicted molar refractivity (Wildman–Crippen MR) is 71.7 cm³/mol. The van der Waals surface area contributed by atoms with Crippen LogP contribution in [0, 0.1) is 0 Å². The van der Waals surface area contributed by atoms with Crippen molar-refractivity contribution >= 4 is 34.8 Å². The summed E-state index contributed by atoms with van der Waals surface area (Å²) in [4.78, 5) is 9.33. The fourth-order valence-corrected chi connectivity index (χ4v) is 1.21. The van der Waals surface area contributed by atoms with Crippen LogP contribution in [0.15, 0.2) is 23.2 Å². The normalized spacial score (nSPS) is 12.6. The van der Waals surface area contributed by atoms with Crippen molar-refractivity contribution < 1.29 is 4.84 Å². The summed E-state index contributed by atoms with van der Waals surface area (Å²) in [5.74, 6) is 0.151. The van der Waals surface area contributed by atoms with Gasteiger partial charge >= 0.3 is 0 Å². The fraction of sp³-hybridized carbons (Fsp3) is 0.364. The van der Waals surface area contributed by atoms with Crippen LogP contribution in [0.4, 0.5) is 5.69 Å². The van der Waals surface area contributed by atoms with Crippen molar-refractivity contribution in [2.45, 2.75) is 26.4 Å². The Bertz CT molecular complexity index is 427. The number of benzene rings is 1. The molecule has 0 amide bonds. The first-order chi connectivity index (χ1) is 7.78. The van der Waals surface area contributed by atoms with Crippen LogP contribution in [-0.4, -0.2) is 11.6 Å². The number of hydrogen-bond acceptors (Lipinski definition) is 2. The number of nitrogens with zero attached hydrogens (tertiary/aromatic N) is 1. The van der Waals surface area contributed by atoms with Crippen molar-refractivity contribution in [3.05, 3.63) is 28.2 Å². The van der Waals surface area contributed by atoms with E-state index in [-0.39, 0.29) is 11.6 Å². The van der Waals surface area contributed by atoms with E-state index >= 15 is 0 Å². The highest BCUT2D eigenvalue weighted by Crippen LogP contribution is 2.26. The molecule has 0 radical (unpaired) electrons. The molecule has 3 N–H and O–H groups in total. The number of hydroxylamine groups is 1. The Morgan fingerprint density at radius 2 is 1.94 bits per heavy atom. The van der Waals surface area contributed by atoms with Crippen molar-refractivity contribution in [2.75, 3.05) is 0 Å². The van der Waals surface area contributed by atoms with Gasteiger partial charge in [0, 0.05) is 0 Å². The van der Waals surface area contributed by atoms with E-state index in [0.29, 0.717) is 15.7 Å². The van der Waals surface area contributed by atoms with Gasteiger partial charge < -0.3 is 5.73 Å². The lowest BCUT2D eigenvalue weighted by molar-refractivity contribution is -0.0429. The summed E-state index contributed by atoms with van der Waals surface area (Å²) in [5.41, 5.74) is 8.45. The molecule has 0 bridgehead atoms. The number of halogens is 2. The Morgan fingerprint density at radius 3 is 2.47 bits per heavy atom. The van der Waals surface area contributed by atoms with Crippen LogP contribution in [-0.2, 0) is 4.84 Å². The molecule has 1 aromatic rings. The summed E-state index contributed by atoms with van der Waals surface area (Å²) in [7, 11) is 0. The molecule has 6 heteroatoms. The average Bonchev–Trinajstić information content (AvgIpc) is 2.20. The van der Waals surface area contributed by atoms with Crippen LogP contribution in [0.5, 0.6) is 0 Å². The van der Waals surface area contributed by atoms with Gasteiger partial charge in [-0.05, 0) is 39.0 Å². The van der Waals surface area contributed by atoms with Gasteiger partial charge in [0.25, 0.3) is 0 Å². The Hall–Kier alpha value is -0.970. The van der Waals surface area contributed by atoms with E-state index in [1.165, 1.54) is 0 Å². The monoisotopic (exact) mass is 275 g/mol. The molecule has 0 heterocycles. The molecule has 0 saturated heterocycles. The molecule has 0 aliphatic heterocycles. The predicted octanol–water partition coefficient (Wildman–Crippen LogP) is 3.26. The zero-order valence-corrected chi connectivity index (χ0v) is 11.4. The fourth-order valence-electron chi connectivity index (χ4n) is 0.922. The highest BCUT2D eigenvalue weighted by atomic mass is 35.5. The number of nitrogens with one attached hydrogen (secondary N) is 1. The first kappa shape index (κ1) is 14.1. The molecular weight excluding hydrogens is 261 g/mol. The zero-order chi connectivity index (χ0) is 13.1. The van der Waals surface area contributed by atoms with Crippen LogP contribution in [0.3, 0.4) is 0 Å². The molecule has 1 rings (SSSR count). The lowest BCUT2D eigenvalue weighted by atomic mass is 10.2. The summed E-state index contributed by atoms with van der Waals surface area (Å²) in [5, 5.41) is 0.903.